The predicted octanol–water partition coefficient (Wildman–Crippen LogP) is 5.41. The van der Waals surface area contributed by atoms with Crippen LogP contribution >= 0.6 is 23.2 Å². The van der Waals surface area contributed by atoms with E-state index in [1.165, 1.54) is 13.2 Å². The summed E-state index contributed by atoms with van der Waals surface area (Å²) in [5.74, 6) is 0.267. The molecule has 1 N–H and O–H groups in total. The van der Waals surface area contributed by atoms with Crippen molar-refractivity contribution in [3.63, 3.8) is 0 Å². The fourth-order valence-electron chi connectivity index (χ4n) is 4.50. The number of phenolic OH excluding ortho intramolecular Hbond substituents is 1. The molecule has 0 bridgehead atoms. The molecule has 0 saturated heterocycles. The first-order valence-electron chi connectivity index (χ1n) is 11.3. The van der Waals surface area contributed by atoms with Crippen LogP contribution in [-0.2, 0) is 13.6 Å². The Morgan fingerprint density at radius 3 is 2.60 bits per heavy atom. The number of rotatable bonds is 4. The summed E-state index contributed by atoms with van der Waals surface area (Å²) in [5.41, 5.74) is 5.69. The third-order valence-corrected chi connectivity index (χ3v) is 7.14. The third-order valence-electron chi connectivity index (χ3n) is 6.40. The number of methoxy groups -OCH3 is 1. The molecule has 1 aliphatic heterocycles. The summed E-state index contributed by atoms with van der Waals surface area (Å²) in [7, 11) is 3.39. The van der Waals surface area contributed by atoms with E-state index in [0.717, 1.165) is 40.1 Å². The number of ether oxygens (including phenoxy) is 1. The lowest BCUT2D eigenvalue weighted by Gasteiger charge is -2.28. The van der Waals surface area contributed by atoms with Crippen LogP contribution in [0.2, 0.25) is 10.0 Å². The maximum Gasteiger partial charge on any atom is 0.143 e. The molecule has 0 atom stereocenters. The second-order valence-electron chi connectivity index (χ2n) is 8.88. The van der Waals surface area contributed by atoms with Crippen molar-refractivity contribution < 1.29 is 9.84 Å². The molecular weight excluding hydrogens is 487 g/mol. The van der Waals surface area contributed by atoms with Gasteiger partial charge in [-0.05, 0) is 26.0 Å². The molecule has 0 spiro atoms. The van der Waals surface area contributed by atoms with Crippen LogP contribution in [0.3, 0.4) is 0 Å². The smallest absolute Gasteiger partial charge is 0.143 e. The number of aryl methyl sites for hydroxylation is 1. The molecule has 182 valence electrons. The van der Waals surface area contributed by atoms with Crippen LogP contribution in [0.5, 0.6) is 11.5 Å². The van der Waals surface area contributed by atoms with E-state index in [4.69, 9.17) is 37.9 Å². The molecule has 5 rings (SSSR count). The number of aromatic nitrogens is 4. The molecule has 0 fully saturated rings. The molecule has 8 nitrogen and oxygen atoms in total. The number of hydrogen-bond acceptors (Lipinski definition) is 7. The quantitative estimate of drug-likeness (QED) is 0.391. The Morgan fingerprint density at radius 1 is 1.11 bits per heavy atom. The lowest BCUT2D eigenvalue weighted by molar-refractivity contribution is 0.224. The maximum absolute atomic E-state index is 10.5. The summed E-state index contributed by atoms with van der Waals surface area (Å²) in [6, 6.07) is 5.70. The highest BCUT2D eigenvalue weighted by Gasteiger charge is 2.29. The number of halogens is 2. The number of benzene rings is 2. The minimum Gasteiger partial charge on any atom is -0.506 e. The summed E-state index contributed by atoms with van der Waals surface area (Å²) < 4.78 is 7.15. The van der Waals surface area contributed by atoms with Crippen LogP contribution in [0, 0.1) is 0 Å². The zero-order valence-corrected chi connectivity index (χ0v) is 21.5. The molecule has 35 heavy (non-hydrogen) atoms. The van der Waals surface area contributed by atoms with E-state index in [-0.39, 0.29) is 10.8 Å². The maximum atomic E-state index is 10.5. The molecule has 0 aliphatic carbocycles. The molecule has 1 aliphatic rings. The molecule has 0 radical (unpaired) electrons. The van der Waals surface area contributed by atoms with Gasteiger partial charge in [0.15, 0.2) is 0 Å². The second-order valence-corrected chi connectivity index (χ2v) is 9.64. The molecule has 0 unspecified atom stereocenters. The first kappa shape index (κ1) is 23.7. The number of hydrogen-bond donors (Lipinski definition) is 1. The Bertz CT molecular complexity index is 1420. The summed E-state index contributed by atoms with van der Waals surface area (Å²) >= 11 is 13.4. The van der Waals surface area contributed by atoms with Gasteiger partial charge >= 0.3 is 0 Å². The number of phenols is 1. The Kier molecular flexibility index (Phi) is 6.21. The van der Waals surface area contributed by atoms with Crippen molar-refractivity contribution in [2.45, 2.75) is 26.4 Å². The van der Waals surface area contributed by atoms with Gasteiger partial charge in [0.2, 0.25) is 0 Å². The van der Waals surface area contributed by atoms with Crippen molar-refractivity contribution in [1.82, 2.24) is 24.6 Å². The molecular formula is C25H26Cl2N6O2. The zero-order chi connectivity index (χ0) is 24.9. The molecule has 2 aromatic carbocycles. The number of fused-ring (bicyclic) bond motifs is 3. The molecule has 2 aromatic heterocycles. The minimum absolute atomic E-state index is 0.0890. The normalized spacial score (nSPS) is 14.4. The second kappa shape index (κ2) is 9.18. The summed E-state index contributed by atoms with van der Waals surface area (Å²) in [6.45, 7) is 6.39. The van der Waals surface area contributed by atoms with Gasteiger partial charge in [0.25, 0.3) is 0 Å². The zero-order valence-electron chi connectivity index (χ0n) is 20.0. The average Bonchev–Trinajstić information content (AvgIpc) is 3.18. The summed E-state index contributed by atoms with van der Waals surface area (Å²) in [6.07, 6.45) is 5.47. The Hall–Kier alpha value is -3.07. The number of anilines is 2. The Morgan fingerprint density at radius 2 is 1.91 bits per heavy atom. The van der Waals surface area contributed by atoms with Gasteiger partial charge in [-0.2, -0.15) is 5.10 Å². The average molecular weight is 513 g/mol. The summed E-state index contributed by atoms with van der Waals surface area (Å²) in [4.78, 5) is 14.1. The topological polar surface area (TPSA) is 79.5 Å². The third kappa shape index (κ3) is 4.16. The fraction of sp³-hybridized carbons (Fsp3) is 0.320. The van der Waals surface area contributed by atoms with Crippen LogP contribution in [0.1, 0.15) is 19.4 Å². The van der Waals surface area contributed by atoms with Crippen molar-refractivity contribution >= 4 is 45.6 Å². The van der Waals surface area contributed by atoms with Crippen LogP contribution in [0.15, 0.2) is 36.8 Å². The molecule has 0 saturated carbocycles. The van der Waals surface area contributed by atoms with E-state index in [1.54, 1.807) is 17.1 Å². The minimum atomic E-state index is -0.0890. The van der Waals surface area contributed by atoms with E-state index in [1.807, 2.05) is 30.3 Å². The van der Waals surface area contributed by atoms with Crippen molar-refractivity contribution in [2.75, 3.05) is 25.1 Å². The largest absolute Gasteiger partial charge is 0.506 e. The van der Waals surface area contributed by atoms with E-state index >= 15 is 0 Å². The lowest BCUT2D eigenvalue weighted by Crippen LogP contribution is -2.34. The van der Waals surface area contributed by atoms with Crippen molar-refractivity contribution in [3.8, 4) is 22.8 Å². The van der Waals surface area contributed by atoms with Crippen LogP contribution in [0.4, 0.5) is 11.4 Å². The summed E-state index contributed by atoms with van der Waals surface area (Å²) in [5, 5.41) is 15.3. The van der Waals surface area contributed by atoms with E-state index < -0.39 is 0 Å². The number of aromatic hydroxyl groups is 1. The van der Waals surface area contributed by atoms with Crippen molar-refractivity contribution in [2.24, 2.45) is 7.05 Å². The van der Waals surface area contributed by atoms with Gasteiger partial charge in [0, 0.05) is 61.8 Å². The van der Waals surface area contributed by atoms with Crippen molar-refractivity contribution in [3.05, 3.63) is 52.4 Å². The van der Waals surface area contributed by atoms with Gasteiger partial charge in [-0.15, -0.1) is 0 Å². The highest BCUT2D eigenvalue weighted by Crippen LogP contribution is 2.49. The van der Waals surface area contributed by atoms with Gasteiger partial charge in [-0.25, -0.2) is 4.98 Å². The van der Waals surface area contributed by atoms with E-state index in [9.17, 15) is 5.11 Å². The molecule has 4 aromatic rings. The van der Waals surface area contributed by atoms with Gasteiger partial charge in [0.1, 0.15) is 21.5 Å². The highest BCUT2D eigenvalue weighted by atomic mass is 35.5. The fourth-order valence-corrected chi connectivity index (χ4v) is 5.13. The van der Waals surface area contributed by atoms with Gasteiger partial charge in [0.05, 0.1) is 41.9 Å². The van der Waals surface area contributed by atoms with Crippen LogP contribution in [-0.4, -0.2) is 56.0 Å². The predicted molar refractivity (Wildman–Crippen MR) is 139 cm³/mol. The highest BCUT2D eigenvalue weighted by molar-refractivity contribution is 6.41. The van der Waals surface area contributed by atoms with Crippen LogP contribution < -0.4 is 9.64 Å². The first-order valence-corrected chi connectivity index (χ1v) is 12.1. The van der Waals surface area contributed by atoms with E-state index in [2.05, 4.69) is 23.8 Å². The molecule has 3 heterocycles. The lowest BCUT2D eigenvalue weighted by atomic mass is 10.1. The van der Waals surface area contributed by atoms with Gasteiger partial charge in [-0.3, -0.25) is 14.6 Å². The Labute approximate surface area is 213 Å². The van der Waals surface area contributed by atoms with Gasteiger partial charge < -0.3 is 14.7 Å². The van der Waals surface area contributed by atoms with E-state index in [0.29, 0.717) is 35.6 Å². The monoisotopic (exact) mass is 512 g/mol. The SMILES string of the molecule is COc1cc(O)c(Cl)c(N2CCN(C(C)C)Cc3c2ccc2ncc(-c4cnn(C)c4)nc32)c1Cl. The van der Waals surface area contributed by atoms with Crippen LogP contribution in [0.25, 0.3) is 22.3 Å². The number of nitrogens with zero attached hydrogens (tertiary/aromatic N) is 6. The first-order chi connectivity index (χ1) is 16.8. The molecule has 0 amide bonds. The Balaban J connectivity index is 1.76. The standard InChI is InChI=1S/C25H26Cl2N6O2/c1-14(2)32-7-8-33(25-22(26)20(34)9-21(35-4)23(25)27)19-6-5-17-24(16(19)13-32)30-18(11-28-17)15-10-29-31(3)12-15/h5-6,9-12,14,34H,7-8,13H2,1-4H3. The van der Waals surface area contributed by atoms with Crippen molar-refractivity contribution in [1.29, 1.82) is 0 Å². The molecule has 10 heteroatoms. The van der Waals surface area contributed by atoms with Gasteiger partial charge in [-0.1, -0.05) is 23.2 Å².